The molecule has 0 aromatic heterocycles. The molecule has 15 heavy (non-hydrogen) atoms. The van der Waals surface area contributed by atoms with Gasteiger partial charge in [0.05, 0.1) is 0 Å². The van der Waals surface area contributed by atoms with Crippen LogP contribution in [0.15, 0.2) is 12.1 Å². The molecule has 1 aromatic carbocycles. The number of nitrogens with one attached hydrogen (secondary N) is 1. The predicted molar refractivity (Wildman–Crippen MR) is 67.4 cm³/mol. The lowest BCUT2D eigenvalue weighted by Crippen LogP contribution is -2.20. The standard InChI is InChI=1S/C13H22N2/c1-9-7-10(2)13(11(3)8-9)15-12(4)5-6-14/h7-8,12,15H,5-6,14H2,1-4H3. The second-order valence-electron chi connectivity index (χ2n) is 4.40. The van der Waals surface area contributed by atoms with Crippen LogP contribution in [-0.4, -0.2) is 12.6 Å². The second-order valence-corrected chi connectivity index (χ2v) is 4.40. The van der Waals surface area contributed by atoms with Crippen molar-refractivity contribution in [2.45, 2.75) is 40.2 Å². The fourth-order valence-electron chi connectivity index (χ4n) is 1.98. The summed E-state index contributed by atoms with van der Waals surface area (Å²) < 4.78 is 0. The smallest absolute Gasteiger partial charge is 0.0401 e. The van der Waals surface area contributed by atoms with Crippen LogP contribution in [0.3, 0.4) is 0 Å². The summed E-state index contributed by atoms with van der Waals surface area (Å²) >= 11 is 0. The Morgan fingerprint density at radius 2 is 1.73 bits per heavy atom. The zero-order valence-corrected chi connectivity index (χ0v) is 10.2. The van der Waals surface area contributed by atoms with Crippen molar-refractivity contribution in [1.29, 1.82) is 0 Å². The zero-order valence-electron chi connectivity index (χ0n) is 10.2. The summed E-state index contributed by atoms with van der Waals surface area (Å²) in [5, 5.41) is 3.53. The number of hydrogen-bond acceptors (Lipinski definition) is 2. The van der Waals surface area contributed by atoms with Crippen molar-refractivity contribution in [1.82, 2.24) is 0 Å². The number of nitrogens with two attached hydrogens (primary N) is 1. The van der Waals surface area contributed by atoms with Gasteiger partial charge in [-0.3, -0.25) is 0 Å². The lowest BCUT2D eigenvalue weighted by molar-refractivity contribution is 0.715. The molecule has 1 atom stereocenters. The molecule has 3 N–H and O–H groups in total. The van der Waals surface area contributed by atoms with E-state index in [4.69, 9.17) is 5.73 Å². The van der Waals surface area contributed by atoms with E-state index in [9.17, 15) is 0 Å². The quantitative estimate of drug-likeness (QED) is 0.795. The van der Waals surface area contributed by atoms with E-state index in [1.165, 1.54) is 22.4 Å². The van der Waals surface area contributed by atoms with Gasteiger partial charge in [0.15, 0.2) is 0 Å². The van der Waals surface area contributed by atoms with Gasteiger partial charge >= 0.3 is 0 Å². The van der Waals surface area contributed by atoms with Gasteiger partial charge in [-0.2, -0.15) is 0 Å². The third-order valence-corrected chi connectivity index (χ3v) is 2.67. The highest BCUT2D eigenvalue weighted by molar-refractivity contribution is 5.58. The van der Waals surface area contributed by atoms with E-state index in [1.54, 1.807) is 0 Å². The fraction of sp³-hybridized carbons (Fsp3) is 0.538. The zero-order chi connectivity index (χ0) is 11.4. The highest BCUT2D eigenvalue weighted by atomic mass is 14.9. The molecule has 2 heteroatoms. The number of rotatable bonds is 4. The first-order valence-electron chi connectivity index (χ1n) is 5.59. The van der Waals surface area contributed by atoms with E-state index in [1.807, 2.05) is 0 Å². The summed E-state index contributed by atoms with van der Waals surface area (Å²) in [6.45, 7) is 9.34. The Morgan fingerprint density at radius 1 is 1.20 bits per heavy atom. The Bertz CT molecular complexity index is 308. The maximum Gasteiger partial charge on any atom is 0.0401 e. The largest absolute Gasteiger partial charge is 0.382 e. The highest BCUT2D eigenvalue weighted by Crippen LogP contribution is 2.22. The summed E-state index contributed by atoms with van der Waals surface area (Å²) in [4.78, 5) is 0. The molecule has 84 valence electrons. The first-order chi connectivity index (χ1) is 7.04. The molecule has 0 heterocycles. The Kier molecular flexibility index (Phi) is 4.15. The number of hydrogen-bond donors (Lipinski definition) is 2. The van der Waals surface area contributed by atoms with Crippen LogP contribution in [-0.2, 0) is 0 Å². The third-order valence-electron chi connectivity index (χ3n) is 2.67. The van der Waals surface area contributed by atoms with Crippen molar-refractivity contribution >= 4 is 5.69 Å². The molecule has 1 unspecified atom stereocenters. The Hall–Kier alpha value is -1.02. The molecule has 0 bridgehead atoms. The van der Waals surface area contributed by atoms with Gasteiger partial charge in [0.2, 0.25) is 0 Å². The lowest BCUT2D eigenvalue weighted by atomic mass is 10.0. The van der Waals surface area contributed by atoms with Gasteiger partial charge in [-0.05, 0) is 51.8 Å². The Labute approximate surface area is 92.9 Å². The molecule has 0 aliphatic carbocycles. The van der Waals surface area contributed by atoms with Gasteiger partial charge < -0.3 is 11.1 Å². The molecule has 1 rings (SSSR count). The average molecular weight is 206 g/mol. The van der Waals surface area contributed by atoms with Gasteiger partial charge in [-0.15, -0.1) is 0 Å². The maximum atomic E-state index is 5.54. The molecular formula is C13H22N2. The molecule has 0 spiro atoms. The lowest BCUT2D eigenvalue weighted by Gasteiger charge is -2.19. The molecule has 0 fully saturated rings. The van der Waals surface area contributed by atoms with Crippen LogP contribution in [0, 0.1) is 20.8 Å². The molecule has 0 aliphatic heterocycles. The minimum absolute atomic E-state index is 0.440. The summed E-state index contributed by atoms with van der Waals surface area (Å²) in [7, 11) is 0. The van der Waals surface area contributed by atoms with Crippen molar-refractivity contribution in [3.05, 3.63) is 28.8 Å². The molecule has 0 saturated carbocycles. The minimum Gasteiger partial charge on any atom is -0.382 e. The van der Waals surface area contributed by atoms with Crippen molar-refractivity contribution in [3.8, 4) is 0 Å². The first-order valence-corrected chi connectivity index (χ1v) is 5.59. The Balaban J connectivity index is 2.85. The van der Waals surface area contributed by atoms with Crippen LogP contribution in [0.1, 0.15) is 30.0 Å². The third kappa shape index (κ3) is 3.24. The molecule has 0 amide bonds. The van der Waals surface area contributed by atoms with Crippen LogP contribution in [0.25, 0.3) is 0 Å². The molecule has 2 nitrogen and oxygen atoms in total. The van der Waals surface area contributed by atoms with Crippen molar-refractivity contribution < 1.29 is 0 Å². The molecule has 0 aliphatic rings. The van der Waals surface area contributed by atoms with E-state index in [-0.39, 0.29) is 0 Å². The van der Waals surface area contributed by atoms with E-state index < -0.39 is 0 Å². The SMILES string of the molecule is Cc1cc(C)c(NC(C)CCN)c(C)c1. The summed E-state index contributed by atoms with van der Waals surface area (Å²) in [6, 6.07) is 4.87. The molecular weight excluding hydrogens is 184 g/mol. The maximum absolute atomic E-state index is 5.54. The van der Waals surface area contributed by atoms with Gasteiger partial charge in [0.1, 0.15) is 0 Å². The second kappa shape index (κ2) is 5.17. The number of benzene rings is 1. The van der Waals surface area contributed by atoms with Crippen LogP contribution in [0.2, 0.25) is 0 Å². The number of aryl methyl sites for hydroxylation is 3. The van der Waals surface area contributed by atoms with Gasteiger partial charge in [-0.25, -0.2) is 0 Å². The van der Waals surface area contributed by atoms with Crippen LogP contribution < -0.4 is 11.1 Å². The van der Waals surface area contributed by atoms with E-state index >= 15 is 0 Å². The normalized spacial score (nSPS) is 12.6. The summed E-state index contributed by atoms with van der Waals surface area (Å²) in [6.07, 6.45) is 1.01. The predicted octanol–water partition coefficient (Wildman–Crippen LogP) is 2.76. The summed E-state index contributed by atoms with van der Waals surface area (Å²) in [5.41, 5.74) is 10.8. The minimum atomic E-state index is 0.440. The first kappa shape index (κ1) is 12.1. The van der Waals surface area contributed by atoms with Crippen molar-refractivity contribution in [3.63, 3.8) is 0 Å². The highest BCUT2D eigenvalue weighted by Gasteiger charge is 2.06. The van der Waals surface area contributed by atoms with Crippen LogP contribution in [0.5, 0.6) is 0 Å². The van der Waals surface area contributed by atoms with Crippen molar-refractivity contribution in [2.75, 3.05) is 11.9 Å². The van der Waals surface area contributed by atoms with Gasteiger partial charge in [0.25, 0.3) is 0 Å². The van der Waals surface area contributed by atoms with Gasteiger partial charge in [0, 0.05) is 11.7 Å². The van der Waals surface area contributed by atoms with E-state index in [0.717, 1.165) is 13.0 Å². The fourth-order valence-corrected chi connectivity index (χ4v) is 1.98. The number of anilines is 1. The topological polar surface area (TPSA) is 38.0 Å². The average Bonchev–Trinajstić information content (AvgIpc) is 2.11. The molecule has 0 saturated heterocycles. The van der Waals surface area contributed by atoms with E-state index in [0.29, 0.717) is 6.04 Å². The van der Waals surface area contributed by atoms with Crippen LogP contribution in [0.4, 0.5) is 5.69 Å². The summed E-state index contributed by atoms with van der Waals surface area (Å²) in [5.74, 6) is 0. The molecule has 0 radical (unpaired) electrons. The van der Waals surface area contributed by atoms with Crippen molar-refractivity contribution in [2.24, 2.45) is 5.73 Å². The monoisotopic (exact) mass is 206 g/mol. The Morgan fingerprint density at radius 3 is 2.20 bits per heavy atom. The van der Waals surface area contributed by atoms with E-state index in [2.05, 4.69) is 45.1 Å². The molecule has 1 aromatic rings. The van der Waals surface area contributed by atoms with Crippen LogP contribution >= 0.6 is 0 Å². The van der Waals surface area contributed by atoms with Gasteiger partial charge in [-0.1, -0.05) is 17.7 Å².